The third-order valence-corrected chi connectivity index (χ3v) is 10.5. The average molecular weight is 747 g/mol. The van der Waals surface area contributed by atoms with Gasteiger partial charge in [-0.05, 0) is 71.6 Å². The molecule has 2 aromatic heterocycles. The quantitative estimate of drug-likeness (QED) is 0.128. The van der Waals surface area contributed by atoms with E-state index >= 15 is 0 Å². The molecule has 3 atom stereocenters. The number of carbonyl (C=O) groups excluding carboxylic acids is 4. The summed E-state index contributed by atoms with van der Waals surface area (Å²) in [4.78, 5) is 69.7. The molecular weight excluding hydrogens is 701 g/mol. The fourth-order valence-electron chi connectivity index (χ4n) is 7.58. The summed E-state index contributed by atoms with van der Waals surface area (Å²) in [6.45, 7) is 4.89. The van der Waals surface area contributed by atoms with Gasteiger partial charge >= 0.3 is 12.2 Å². The molecule has 3 unspecified atom stereocenters. The van der Waals surface area contributed by atoms with Gasteiger partial charge in [-0.2, -0.15) is 0 Å². The van der Waals surface area contributed by atoms with Crippen molar-refractivity contribution in [3.63, 3.8) is 0 Å². The lowest BCUT2D eigenvalue weighted by Crippen LogP contribution is -2.51. The first-order chi connectivity index (χ1) is 26.6. The van der Waals surface area contributed by atoms with Crippen molar-refractivity contribution in [2.75, 3.05) is 33.9 Å². The van der Waals surface area contributed by atoms with Crippen molar-refractivity contribution < 1.29 is 28.7 Å². The molecule has 3 aromatic carbocycles. The first-order valence-corrected chi connectivity index (χ1v) is 18.7. The van der Waals surface area contributed by atoms with Crippen LogP contribution < -0.4 is 10.6 Å². The Morgan fingerprint density at radius 3 is 1.98 bits per heavy atom. The second-order valence-corrected chi connectivity index (χ2v) is 14.3. The van der Waals surface area contributed by atoms with Crippen molar-refractivity contribution in [3.05, 3.63) is 84.6 Å². The number of aromatic nitrogens is 4. The highest BCUT2D eigenvalue weighted by atomic mass is 16.5. The van der Waals surface area contributed by atoms with Crippen LogP contribution in [0.3, 0.4) is 0 Å². The Hall–Kier alpha value is -6.18. The Labute approximate surface area is 319 Å². The Morgan fingerprint density at radius 1 is 0.764 bits per heavy atom. The number of H-pyrrole nitrogens is 2. The Bertz CT molecular complexity index is 2180. The van der Waals surface area contributed by atoms with Gasteiger partial charge in [0.15, 0.2) is 0 Å². The summed E-state index contributed by atoms with van der Waals surface area (Å²) in [5, 5.41) is 5.17. The van der Waals surface area contributed by atoms with Crippen LogP contribution in [0.25, 0.3) is 44.5 Å². The molecule has 0 spiro atoms. The third kappa shape index (κ3) is 7.89. The maximum absolute atomic E-state index is 13.6. The first kappa shape index (κ1) is 37.1. The molecule has 286 valence electrons. The molecule has 0 bridgehead atoms. The van der Waals surface area contributed by atoms with Gasteiger partial charge in [-0.25, -0.2) is 19.6 Å². The number of alkyl carbamates (subject to hydrolysis) is 2. The van der Waals surface area contributed by atoms with Crippen molar-refractivity contribution in [1.82, 2.24) is 40.4 Å². The predicted octanol–water partition coefficient (Wildman–Crippen LogP) is 6.35. The highest BCUT2D eigenvalue weighted by Gasteiger charge is 2.37. The Balaban J connectivity index is 1.01. The van der Waals surface area contributed by atoms with Crippen LogP contribution in [0.4, 0.5) is 9.59 Å². The van der Waals surface area contributed by atoms with E-state index in [1.807, 2.05) is 24.8 Å². The highest BCUT2D eigenvalue weighted by molar-refractivity contribution is 5.87. The minimum Gasteiger partial charge on any atom is -0.453 e. The molecule has 0 saturated carbocycles. The summed E-state index contributed by atoms with van der Waals surface area (Å²) in [7, 11) is 2.56. The largest absolute Gasteiger partial charge is 0.453 e. The van der Waals surface area contributed by atoms with E-state index in [-0.39, 0.29) is 36.4 Å². The van der Waals surface area contributed by atoms with Crippen LogP contribution in [0.15, 0.2) is 72.9 Å². The van der Waals surface area contributed by atoms with Crippen molar-refractivity contribution in [2.45, 2.75) is 57.7 Å². The van der Waals surface area contributed by atoms with Crippen molar-refractivity contribution in [2.24, 2.45) is 5.92 Å². The molecule has 7 rings (SSSR count). The van der Waals surface area contributed by atoms with Crippen LogP contribution in [-0.4, -0.2) is 93.6 Å². The molecule has 55 heavy (non-hydrogen) atoms. The molecule has 5 aromatic rings. The van der Waals surface area contributed by atoms with Crippen molar-refractivity contribution in [3.8, 4) is 33.5 Å². The number of likely N-dealkylation sites (tertiary alicyclic amines) is 2. The van der Waals surface area contributed by atoms with Gasteiger partial charge in [0.25, 0.3) is 0 Å². The number of amides is 4. The molecule has 2 fully saturated rings. The molecule has 2 saturated heterocycles. The zero-order valence-electron chi connectivity index (χ0n) is 31.4. The number of ether oxygens (including phenoxy) is 2. The smallest absolute Gasteiger partial charge is 0.407 e. The molecule has 4 heterocycles. The lowest BCUT2D eigenvalue weighted by Gasteiger charge is -2.29. The van der Waals surface area contributed by atoms with Gasteiger partial charge in [0.05, 0.1) is 49.2 Å². The van der Waals surface area contributed by atoms with E-state index in [1.54, 1.807) is 11.1 Å². The molecule has 4 amide bonds. The van der Waals surface area contributed by atoms with E-state index < -0.39 is 18.2 Å². The lowest BCUT2D eigenvalue weighted by molar-refractivity contribution is -0.135. The number of carbonyl (C=O) groups is 4. The van der Waals surface area contributed by atoms with Gasteiger partial charge < -0.3 is 39.9 Å². The van der Waals surface area contributed by atoms with Crippen LogP contribution in [0.1, 0.15) is 63.3 Å². The number of rotatable bonds is 10. The van der Waals surface area contributed by atoms with Crippen LogP contribution in [-0.2, 0) is 19.1 Å². The SMILES string of the molecule is COC(=O)NCC(=O)N1CCCC1c1ncc(-c2ccc(-c3ccc(-c4ccc5nc(C6CCCN6C(=O)C(NC(=O)OC)C(C)C)[nH]c5c4)cc3)cc2)[nH]1. The normalized spacial score (nSPS) is 17.4. The number of hydrogen-bond acceptors (Lipinski definition) is 8. The minimum absolute atomic E-state index is 0.104. The number of methoxy groups -OCH3 is 2. The summed E-state index contributed by atoms with van der Waals surface area (Å²) < 4.78 is 9.34. The number of fused-ring (bicyclic) bond motifs is 1. The summed E-state index contributed by atoms with van der Waals surface area (Å²) in [5.74, 6) is 1.05. The molecule has 4 N–H and O–H groups in total. The van der Waals surface area contributed by atoms with E-state index in [2.05, 4.69) is 91.0 Å². The minimum atomic E-state index is -0.687. The van der Waals surface area contributed by atoms with Gasteiger partial charge in [0, 0.05) is 13.1 Å². The van der Waals surface area contributed by atoms with Gasteiger partial charge in [-0.1, -0.05) is 68.4 Å². The maximum Gasteiger partial charge on any atom is 0.407 e. The van der Waals surface area contributed by atoms with E-state index in [0.29, 0.717) is 13.1 Å². The number of aromatic amines is 2. The number of nitrogens with zero attached hydrogens (tertiary/aromatic N) is 4. The molecule has 2 aliphatic rings. The molecule has 14 heteroatoms. The standard InChI is InChI=1S/C41H46N8O6/c1-24(2)36(47-41(53)55-4)39(51)49-20-6-8-34(49)38-44-30-18-17-29(21-31(30)45-38)27-11-9-25(10-12-27)26-13-15-28(16-14-26)32-22-42-37(46-32)33-7-5-19-48(33)35(50)23-43-40(52)54-3/h9-18,21-22,24,33-34,36H,5-8,19-20,23H2,1-4H3,(H,42,46)(H,43,52)(H,44,45)(H,47,53). The molecule has 0 radical (unpaired) electrons. The zero-order chi connectivity index (χ0) is 38.6. The van der Waals surface area contributed by atoms with E-state index in [9.17, 15) is 19.2 Å². The van der Waals surface area contributed by atoms with Crippen LogP contribution in [0.2, 0.25) is 0 Å². The summed E-state index contributed by atoms with van der Waals surface area (Å²) in [5.41, 5.74) is 7.84. The fourth-order valence-corrected chi connectivity index (χ4v) is 7.58. The van der Waals surface area contributed by atoms with Gasteiger partial charge in [-0.3, -0.25) is 9.59 Å². The fraction of sp³-hybridized carbons (Fsp3) is 0.366. The van der Waals surface area contributed by atoms with Crippen LogP contribution in [0, 0.1) is 5.92 Å². The summed E-state index contributed by atoms with van der Waals surface area (Å²) >= 11 is 0. The zero-order valence-corrected chi connectivity index (χ0v) is 31.4. The van der Waals surface area contributed by atoms with Crippen LogP contribution >= 0.6 is 0 Å². The van der Waals surface area contributed by atoms with Gasteiger partial charge in [-0.15, -0.1) is 0 Å². The van der Waals surface area contributed by atoms with E-state index in [0.717, 1.165) is 81.9 Å². The van der Waals surface area contributed by atoms with Gasteiger partial charge in [0.2, 0.25) is 11.8 Å². The Kier molecular flexibility index (Phi) is 10.8. The van der Waals surface area contributed by atoms with Crippen molar-refractivity contribution in [1.29, 1.82) is 0 Å². The van der Waals surface area contributed by atoms with E-state index in [1.165, 1.54) is 14.2 Å². The number of hydrogen-bond donors (Lipinski definition) is 4. The second kappa shape index (κ2) is 16.0. The summed E-state index contributed by atoms with van der Waals surface area (Å²) in [6, 6.07) is 21.8. The first-order valence-electron chi connectivity index (χ1n) is 18.7. The molecular formula is C41H46N8O6. The Morgan fingerprint density at radius 2 is 1.35 bits per heavy atom. The van der Waals surface area contributed by atoms with Crippen LogP contribution in [0.5, 0.6) is 0 Å². The molecule has 14 nitrogen and oxygen atoms in total. The second-order valence-electron chi connectivity index (χ2n) is 14.3. The number of imidazole rings is 2. The lowest BCUT2D eigenvalue weighted by atomic mass is 9.99. The number of nitrogens with one attached hydrogen (secondary N) is 4. The maximum atomic E-state index is 13.6. The average Bonchev–Trinajstić information content (AvgIpc) is 4.04. The molecule has 2 aliphatic heterocycles. The van der Waals surface area contributed by atoms with Gasteiger partial charge in [0.1, 0.15) is 24.2 Å². The van der Waals surface area contributed by atoms with E-state index in [4.69, 9.17) is 9.72 Å². The summed E-state index contributed by atoms with van der Waals surface area (Å²) in [6.07, 6.45) is 3.83. The highest BCUT2D eigenvalue weighted by Crippen LogP contribution is 2.35. The predicted molar refractivity (Wildman–Crippen MR) is 206 cm³/mol. The third-order valence-electron chi connectivity index (χ3n) is 10.5. The molecule has 0 aliphatic carbocycles. The monoisotopic (exact) mass is 746 g/mol. The topological polar surface area (TPSA) is 175 Å². The van der Waals surface area contributed by atoms with Crippen molar-refractivity contribution >= 4 is 35.0 Å². The number of benzene rings is 3.